The van der Waals surface area contributed by atoms with Crippen molar-refractivity contribution in [2.75, 3.05) is 6.54 Å². The highest BCUT2D eigenvalue weighted by atomic mass is 19.1. The zero-order valence-electron chi connectivity index (χ0n) is 10.7. The van der Waals surface area contributed by atoms with Crippen LogP contribution in [-0.4, -0.2) is 18.5 Å². The fraction of sp³-hybridized carbons (Fsp3) is 0.500. The van der Waals surface area contributed by atoms with Crippen LogP contribution in [0, 0.1) is 11.6 Å². The minimum absolute atomic E-state index is 0.0996. The van der Waals surface area contributed by atoms with Gasteiger partial charge in [-0.3, -0.25) is 4.79 Å². The molecule has 0 radical (unpaired) electrons. The van der Waals surface area contributed by atoms with Crippen LogP contribution in [0.5, 0.6) is 0 Å². The Kier molecular flexibility index (Phi) is 4.85. The predicted molar refractivity (Wildman–Crippen MR) is 68.5 cm³/mol. The second kappa shape index (κ2) is 6.61. The van der Waals surface area contributed by atoms with E-state index >= 15 is 0 Å². The molecule has 1 saturated heterocycles. The number of benzene rings is 1. The predicted octanol–water partition coefficient (Wildman–Crippen LogP) is 2.11. The molecule has 0 aromatic heterocycles. The maximum Gasteiger partial charge on any atom is 0.220 e. The quantitative estimate of drug-likeness (QED) is 0.858. The number of hydrogen-bond acceptors (Lipinski definition) is 2. The van der Waals surface area contributed by atoms with E-state index in [0.717, 1.165) is 31.9 Å². The van der Waals surface area contributed by atoms with E-state index in [2.05, 4.69) is 10.6 Å². The number of halogens is 2. The number of carbonyl (C=O) groups excluding carboxylic acids is 1. The first-order chi connectivity index (χ1) is 9.15. The largest absolute Gasteiger partial charge is 0.352 e. The second-order valence-electron chi connectivity index (χ2n) is 4.84. The first-order valence-electron chi connectivity index (χ1n) is 6.59. The van der Waals surface area contributed by atoms with Crippen molar-refractivity contribution in [1.29, 1.82) is 0 Å². The van der Waals surface area contributed by atoms with E-state index in [1.54, 1.807) is 0 Å². The van der Waals surface area contributed by atoms with Crippen molar-refractivity contribution in [2.45, 2.75) is 38.3 Å². The molecule has 1 aromatic rings. The summed E-state index contributed by atoms with van der Waals surface area (Å²) in [4.78, 5) is 11.6. The van der Waals surface area contributed by atoms with Gasteiger partial charge in [0.1, 0.15) is 11.6 Å². The highest BCUT2D eigenvalue weighted by Crippen LogP contribution is 2.11. The van der Waals surface area contributed by atoms with Crippen LogP contribution >= 0.6 is 0 Å². The molecule has 3 nitrogen and oxygen atoms in total. The molecule has 2 N–H and O–H groups in total. The van der Waals surface area contributed by atoms with Crippen LogP contribution in [0.2, 0.25) is 0 Å². The third-order valence-corrected chi connectivity index (χ3v) is 3.37. The molecule has 1 atom stereocenters. The molecule has 0 saturated carbocycles. The van der Waals surface area contributed by atoms with Gasteiger partial charge in [-0.15, -0.1) is 0 Å². The monoisotopic (exact) mass is 268 g/mol. The van der Waals surface area contributed by atoms with Crippen molar-refractivity contribution in [3.05, 3.63) is 35.4 Å². The van der Waals surface area contributed by atoms with E-state index in [9.17, 15) is 13.6 Å². The molecule has 19 heavy (non-hydrogen) atoms. The molecule has 104 valence electrons. The number of nitrogens with one attached hydrogen (secondary N) is 2. The van der Waals surface area contributed by atoms with E-state index in [4.69, 9.17) is 0 Å². The molecular weight excluding hydrogens is 250 g/mol. The van der Waals surface area contributed by atoms with Gasteiger partial charge in [-0.05, 0) is 31.9 Å². The molecule has 1 aromatic carbocycles. The van der Waals surface area contributed by atoms with Crippen molar-refractivity contribution in [3.63, 3.8) is 0 Å². The Morgan fingerprint density at radius 3 is 2.95 bits per heavy atom. The lowest BCUT2D eigenvalue weighted by Gasteiger charge is -2.10. The molecule has 1 aliphatic rings. The maximum absolute atomic E-state index is 13.3. The summed E-state index contributed by atoms with van der Waals surface area (Å²) in [5.41, 5.74) is 0.300. The standard InChI is InChI=1S/C14H18F2N2O/c15-11-4-3-10(13(16)8-11)9-18-14(19)6-5-12-2-1-7-17-12/h3-4,8,12,17H,1-2,5-7,9H2,(H,18,19). The van der Waals surface area contributed by atoms with E-state index < -0.39 is 11.6 Å². The van der Waals surface area contributed by atoms with Crippen molar-refractivity contribution in [2.24, 2.45) is 0 Å². The highest BCUT2D eigenvalue weighted by Gasteiger charge is 2.15. The zero-order chi connectivity index (χ0) is 13.7. The lowest BCUT2D eigenvalue weighted by Crippen LogP contribution is -2.27. The molecule has 0 spiro atoms. The minimum Gasteiger partial charge on any atom is -0.352 e. The topological polar surface area (TPSA) is 41.1 Å². The average Bonchev–Trinajstić information content (AvgIpc) is 2.88. The second-order valence-corrected chi connectivity index (χ2v) is 4.84. The molecule has 5 heteroatoms. The summed E-state index contributed by atoms with van der Waals surface area (Å²) in [6, 6.07) is 3.79. The fourth-order valence-corrected chi connectivity index (χ4v) is 2.26. The Bertz CT molecular complexity index is 445. The first kappa shape index (κ1) is 13.9. The van der Waals surface area contributed by atoms with E-state index in [-0.39, 0.29) is 12.5 Å². The number of rotatable bonds is 5. The first-order valence-corrected chi connectivity index (χ1v) is 6.59. The lowest BCUT2D eigenvalue weighted by atomic mass is 10.1. The van der Waals surface area contributed by atoms with Gasteiger partial charge in [-0.2, -0.15) is 0 Å². The molecule has 0 bridgehead atoms. The minimum atomic E-state index is -0.627. The SMILES string of the molecule is O=C(CCC1CCCN1)NCc1ccc(F)cc1F. The Hall–Kier alpha value is -1.49. The average molecular weight is 268 g/mol. The van der Waals surface area contributed by atoms with E-state index in [0.29, 0.717) is 18.0 Å². The zero-order valence-corrected chi connectivity index (χ0v) is 10.7. The maximum atomic E-state index is 13.3. The van der Waals surface area contributed by atoms with Crippen LogP contribution < -0.4 is 10.6 Å². The van der Waals surface area contributed by atoms with Gasteiger partial charge < -0.3 is 10.6 Å². The van der Waals surface area contributed by atoms with E-state index in [1.165, 1.54) is 12.1 Å². The highest BCUT2D eigenvalue weighted by molar-refractivity contribution is 5.75. The molecule has 1 fully saturated rings. The lowest BCUT2D eigenvalue weighted by molar-refractivity contribution is -0.121. The molecule has 1 amide bonds. The summed E-state index contributed by atoms with van der Waals surface area (Å²) in [6.45, 7) is 1.12. The normalized spacial score (nSPS) is 18.5. The van der Waals surface area contributed by atoms with Gasteiger partial charge in [0, 0.05) is 30.6 Å². The van der Waals surface area contributed by atoms with Crippen molar-refractivity contribution >= 4 is 5.91 Å². The summed E-state index contributed by atoms with van der Waals surface area (Å²) in [5.74, 6) is -1.34. The number of hydrogen-bond donors (Lipinski definition) is 2. The smallest absolute Gasteiger partial charge is 0.220 e. The molecule has 1 aliphatic heterocycles. The van der Waals surface area contributed by atoms with E-state index in [1.807, 2.05) is 0 Å². The molecule has 0 aliphatic carbocycles. The van der Waals surface area contributed by atoms with Crippen molar-refractivity contribution in [1.82, 2.24) is 10.6 Å². The summed E-state index contributed by atoms with van der Waals surface area (Å²) >= 11 is 0. The van der Waals surface area contributed by atoms with Crippen LogP contribution in [0.15, 0.2) is 18.2 Å². The van der Waals surface area contributed by atoms with Crippen LogP contribution in [0.1, 0.15) is 31.2 Å². The molecule has 2 rings (SSSR count). The Labute approximate surface area is 111 Å². The van der Waals surface area contributed by atoms with Crippen LogP contribution in [0.3, 0.4) is 0 Å². The fourth-order valence-electron chi connectivity index (χ4n) is 2.26. The molecule has 1 unspecified atom stereocenters. The van der Waals surface area contributed by atoms with Gasteiger partial charge in [0.05, 0.1) is 0 Å². The third kappa shape index (κ3) is 4.28. The van der Waals surface area contributed by atoms with Gasteiger partial charge in [-0.1, -0.05) is 6.07 Å². The molecular formula is C14H18F2N2O. The van der Waals surface area contributed by atoms with Gasteiger partial charge in [-0.25, -0.2) is 8.78 Å². The Morgan fingerprint density at radius 2 is 2.26 bits per heavy atom. The Morgan fingerprint density at radius 1 is 1.42 bits per heavy atom. The van der Waals surface area contributed by atoms with Crippen molar-refractivity contribution < 1.29 is 13.6 Å². The number of amides is 1. The summed E-state index contributed by atoms with van der Waals surface area (Å²) < 4.78 is 26.0. The van der Waals surface area contributed by atoms with Crippen LogP contribution in [0.25, 0.3) is 0 Å². The number of carbonyl (C=O) groups is 1. The van der Waals surface area contributed by atoms with Crippen LogP contribution in [-0.2, 0) is 11.3 Å². The molecule has 1 heterocycles. The summed E-state index contributed by atoms with van der Waals surface area (Å²) in [5, 5.41) is 5.97. The van der Waals surface area contributed by atoms with Gasteiger partial charge in [0.2, 0.25) is 5.91 Å². The van der Waals surface area contributed by atoms with Crippen molar-refractivity contribution in [3.8, 4) is 0 Å². The summed E-state index contributed by atoms with van der Waals surface area (Å²) in [6.07, 6.45) is 3.51. The van der Waals surface area contributed by atoms with Crippen LogP contribution in [0.4, 0.5) is 8.78 Å². The Balaban J connectivity index is 1.73. The van der Waals surface area contributed by atoms with Gasteiger partial charge in [0.25, 0.3) is 0 Å². The third-order valence-electron chi connectivity index (χ3n) is 3.37. The summed E-state index contributed by atoms with van der Waals surface area (Å²) in [7, 11) is 0. The van der Waals surface area contributed by atoms with Gasteiger partial charge >= 0.3 is 0 Å². The van der Waals surface area contributed by atoms with Gasteiger partial charge in [0.15, 0.2) is 0 Å².